The van der Waals surface area contributed by atoms with Gasteiger partial charge in [0.1, 0.15) is 0 Å². The molecule has 128 valence electrons. The first kappa shape index (κ1) is 16.3. The van der Waals surface area contributed by atoms with Gasteiger partial charge in [0.05, 0.1) is 13.2 Å². The van der Waals surface area contributed by atoms with Crippen LogP contribution in [0.15, 0.2) is 24.3 Å². The molecule has 1 saturated heterocycles. The van der Waals surface area contributed by atoms with E-state index in [1.807, 2.05) is 0 Å². The fourth-order valence-corrected chi connectivity index (χ4v) is 3.61. The number of carbonyl (C=O) groups is 3. The third kappa shape index (κ3) is 1.81. The summed E-state index contributed by atoms with van der Waals surface area (Å²) >= 11 is 0. The van der Waals surface area contributed by atoms with E-state index in [9.17, 15) is 14.4 Å². The first-order chi connectivity index (χ1) is 11.4. The van der Waals surface area contributed by atoms with Crippen molar-refractivity contribution in [1.82, 2.24) is 0 Å². The Morgan fingerprint density at radius 3 is 2.33 bits per heavy atom. The lowest BCUT2D eigenvalue weighted by atomic mass is 9.64. The maximum absolute atomic E-state index is 12.9. The molecule has 1 N–H and O–H groups in total. The van der Waals surface area contributed by atoms with Gasteiger partial charge in [-0.25, -0.2) is 4.79 Å². The van der Waals surface area contributed by atoms with Gasteiger partial charge in [0, 0.05) is 11.3 Å². The Hall–Kier alpha value is -2.57. The molecule has 2 bridgehead atoms. The number of anilines is 1. The zero-order chi connectivity index (χ0) is 17.5. The third-order valence-electron chi connectivity index (χ3n) is 4.66. The maximum Gasteiger partial charge on any atom is 0.331 e. The second kappa shape index (κ2) is 5.51. The first-order valence-corrected chi connectivity index (χ1v) is 7.86. The second-order valence-corrected chi connectivity index (χ2v) is 5.83. The first-order valence-electron chi connectivity index (χ1n) is 7.86. The van der Waals surface area contributed by atoms with E-state index in [0.29, 0.717) is 11.3 Å². The number of para-hydroxylation sites is 1. The van der Waals surface area contributed by atoms with Gasteiger partial charge in [-0.1, -0.05) is 18.2 Å². The molecule has 1 aromatic rings. The lowest BCUT2D eigenvalue weighted by molar-refractivity contribution is -0.187. The number of rotatable bonds is 4. The van der Waals surface area contributed by atoms with E-state index in [-0.39, 0.29) is 13.2 Å². The molecule has 3 rings (SSSR count). The molecule has 1 fully saturated rings. The molecule has 0 spiro atoms. The maximum atomic E-state index is 12.9. The van der Waals surface area contributed by atoms with E-state index in [4.69, 9.17) is 14.2 Å². The number of carbonyl (C=O) groups excluding carboxylic acids is 3. The summed E-state index contributed by atoms with van der Waals surface area (Å²) in [5, 5.41) is 2.96. The second-order valence-electron chi connectivity index (χ2n) is 5.83. The Labute approximate surface area is 139 Å². The van der Waals surface area contributed by atoms with Crippen LogP contribution in [0.1, 0.15) is 26.3 Å². The number of benzene rings is 1. The molecule has 0 amide bonds. The highest BCUT2D eigenvalue weighted by atomic mass is 16.6. The van der Waals surface area contributed by atoms with Crippen molar-refractivity contribution in [3.63, 3.8) is 0 Å². The van der Waals surface area contributed by atoms with Crippen molar-refractivity contribution < 1.29 is 28.6 Å². The van der Waals surface area contributed by atoms with Crippen LogP contribution in [0.3, 0.4) is 0 Å². The van der Waals surface area contributed by atoms with Crippen molar-refractivity contribution in [1.29, 1.82) is 0 Å². The Morgan fingerprint density at radius 2 is 1.75 bits per heavy atom. The van der Waals surface area contributed by atoms with Crippen LogP contribution in [0.2, 0.25) is 0 Å². The van der Waals surface area contributed by atoms with Crippen LogP contribution >= 0.6 is 0 Å². The number of esters is 3. The van der Waals surface area contributed by atoms with Crippen LogP contribution in [0.4, 0.5) is 5.69 Å². The standard InChI is InChI=1S/C17H19NO6/c1-4-22-14(20)17(15(21)23-5-2)12-13(19)24-16(17,3)10-8-6-7-9-11(10)18-12/h6-9,12,18H,4-5H2,1-3H3. The van der Waals surface area contributed by atoms with Crippen LogP contribution in [0.25, 0.3) is 0 Å². The number of fused-ring (bicyclic) bond motifs is 4. The van der Waals surface area contributed by atoms with Gasteiger partial charge in [-0.15, -0.1) is 0 Å². The zero-order valence-corrected chi connectivity index (χ0v) is 13.8. The van der Waals surface area contributed by atoms with Crippen LogP contribution < -0.4 is 5.32 Å². The highest BCUT2D eigenvalue weighted by molar-refractivity contribution is 6.11. The molecular formula is C17H19NO6. The van der Waals surface area contributed by atoms with E-state index < -0.39 is 35.0 Å². The van der Waals surface area contributed by atoms with Gasteiger partial charge in [-0.3, -0.25) is 9.59 Å². The zero-order valence-electron chi connectivity index (χ0n) is 13.8. The van der Waals surface area contributed by atoms with Crippen LogP contribution in [-0.4, -0.2) is 37.2 Å². The van der Waals surface area contributed by atoms with E-state index in [0.717, 1.165) is 0 Å². The molecule has 7 nitrogen and oxygen atoms in total. The predicted octanol–water partition coefficient (Wildman–Crippen LogP) is 1.37. The van der Waals surface area contributed by atoms with Crippen molar-refractivity contribution >= 4 is 23.6 Å². The molecular weight excluding hydrogens is 314 g/mol. The number of ether oxygens (including phenoxy) is 3. The van der Waals surface area contributed by atoms with E-state index in [2.05, 4.69) is 5.32 Å². The molecule has 2 unspecified atom stereocenters. The summed E-state index contributed by atoms with van der Waals surface area (Å²) in [7, 11) is 0. The summed E-state index contributed by atoms with van der Waals surface area (Å²) < 4.78 is 15.8. The van der Waals surface area contributed by atoms with Gasteiger partial charge in [-0.05, 0) is 26.8 Å². The van der Waals surface area contributed by atoms with Crippen molar-refractivity contribution in [3.05, 3.63) is 29.8 Å². The SMILES string of the molecule is CCOC(=O)C1(C(=O)OCC)C2Nc3ccccc3C1(C)OC2=O. The Bertz CT molecular complexity index is 697. The number of hydrogen-bond acceptors (Lipinski definition) is 7. The molecule has 0 saturated carbocycles. The average molecular weight is 333 g/mol. The minimum atomic E-state index is -1.93. The summed E-state index contributed by atoms with van der Waals surface area (Å²) in [6, 6.07) is 5.82. The molecule has 2 aliphatic rings. The normalized spacial score (nSPS) is 26.0. The summed E-state index contributed by atoms with van der Waals surface area (Å²) in [5.41, 5.74) is -2.26. The molecule has 0 aromatic heterocycles. The Balaban J connectivity index is 2.27. The highest BCUT2D eigenvalue weighted by Crippen LogP contribution is 2.58. The Kier molecular flexibility index (Phi) is 3.74. The monoisotopic (exact) mass is 333 g/mol. The molecule has 24 heavy (non-hydrogen) atoms. The fraction of sp³-hybridized carbons (Fsp3) is 0.471. The largest absolute Gasteiger partial charge is 0.465 e. The van der Waals surface area contributed by atoms with E-state index >= 15 is 0 Å². The van der Waals surface area contributed by atoms with Crippen molar-refractivity contribution in [2.24, 2.45) is 5.41 Å². The van der Waals surface area contributed by atoms with Gasteiger partial charge in [0.2, 0.25) is 5.41 Å². The minimum absolute atomic E-state index is 0.0681. The van der Waals surface area contributed by atoms with Gasteiger partial charge in [-0.2, -0.15) is 0 Å². The lowest BCUT2D eigenvalue weighted by Crippen LogP contribution is -2.63. The predicted molar refractivity (Wildman–Crippen MR) is 83.0 cm³/mol. The molecule has 1 aromatic carbocycles. The summed E-state index contributed by atoms with van der Waals surface area (Å²) in [6.45, 7) is 4.96. The van der Waals surface area contributed by atoms with Crippen molar-refractivity contribution in [2.45, 2.75) is 32.4 Å². The van der Waals surface area contributed by atoms with Gasteiger partial charge in [0.25, 0.3) is 0 Å². The van der Waals surface area contributed by atoms with Crippen LogP contribution in [0, 0.1) is 5.41 Å². The van der Waals surface area contributed by atoms with Crippen molar-refractivity contribution in [3.8, 4) is 0 Å². The fourth-order valence-electron chi connectivity index (χ4n) is 3.61. The van der Waals surface area contributed by atoms with Crippen LogP contribution in [0.5, 0.6) is 0 Å². The van der Waals surface area contributed by atoms with Gasteiger partial charge < -0.3 is 19.5 Å². The summed E-state index contributed by atoms with van der Waals surface area (Å²) in [6.07, 6.45) is 0. The quantitative estimate of drug-likeness (QED) is 0.505. The topological polar surface area (TPSA) is 90.9 Å². The molecule has 0 aliphatic carbocycles. The highest BCUT2D eigenvalue weighted by Gasteiger charge is 2.78. The minimum Gasteiger partial charge on any atom is -0.465 e. The van der Waals surface area contributed by atoms with E-state index in [1.54, 1.807) is 45.0 Å². The smallest absolute Gasteiger partial charge is 0.331 e. The van der Waals surface area contributed by atoms with Gasteiger partial charge in [0.15, 0.2) is 11.6 Å². The van der Waals surface area contributed by atoms with Crippen molar-refractivity contribution in [2.75, 3.05) is 18.5 Å². The molecule has 2 heterocycles. The molecule has 2 aliphatic heterocycles. The molecule has 0 radical (unpaired) electrons. The molecule has 7 heteroatoms. The number of hydrogen-bond donors (Lipinski definition) is 1. The average Bonchev–Trinajstić information content (AvgIpc) is 2.70. The summed E-state index contributed by atoms with van der Waals surface area (Å²) in [4.78, 5) is 38.2. The number of nitrogens with one attached hydrogen (secondary N) is 1. The van der Waals surface area contributed by atoms with Crippen LogP contribution in [-0.2, 0) is 34.2 Å². The molecule has 2 atom stereocenters. The Morgan fingerprint density at radius 1 is 1.17 bits per heavy atom. The third-order valence-corrected chi connectivity index (χ3v) is 4.66. The lowest BCUT2D eigenvalue weighted by Gasteiger charge is -2.43. The van der Waals surface area contributed by atoms with Gasteiger partial charge >= 0.3 is 17.9 Å². The summed E-state index contributed by atoms with van der Waals surface area (Å²) in [5.74, 6) is -2.34. The van der Waals surface area contributed by atoms with E-state index in [1.165, 1.54) is 0 Å².